The number of ether oxygens (including phenoxy) is 1. The third kappa shape index (κ3) is 3.29. The Kier molecular flexibility index (Phi) is 5.22. The van der Waals surface area contributed by atoms with E-state index < -0.39 is 16.9 Å². The number of carbonyl (C=O) groups is 1. The van der Waals surface area contributed by atoms with Gasteiger partial charge in [0.25, 0.3) is 5.69 Å². The van der Waals surface area contributed by atoms with Gasteiger partial charge in [-0.2, -0.15) is 0 Å². The Morgan fingerprint density at radius 3 is 2.69 bits per heavy atom. The minimum Gasteiger partial charge on any atom is -0.466 e. The van der Waals surface area contributed by atoms with Gasteiger partial charge in [0.1, 0.15) is 0 Å². The Bertz CT molecular complexity index is 786. The molecule has 1 saturated carbocycles. The van der Waals surface area contributed by atoms with E-state index in [0.717, 1.165) is 31.4 Å². The first-order valence-corrected chi connectivity index (χ1v) is 8.98. The van der Waals surface area contributed by atoms with E-state index >= 15 is 0 Å². The van der Waals surface area contributed by atoms with Crippen molar-refractivity contribution in [2.45, 2.75) is 44.7 Å². The highest BCUT2D eigenvalue weighted by atomic mass is 32.1. The molecule has 0 aromatic heterocycles. The van der Waals surface area contributed by atoms with Crippen LogP contribution < -0.4 is 5.32 Å². The molecule has 2 aliphatic rings. The molecule has 3 rings (SSSR count). The topological polar surface area (TPSA) is 84.7 Å². The normalized spacial score (nSPS) is 20.9. The quantitative estimate of drug-likeness (QED) is 0.374. The maximum absolute atomic E-state index is 12.5. The monoisotopic (exact) mass is 375 g/mol. The number of hydrogen-bond acceptors (Lipinski definition) is 5. The van der Waals surface area contributed by atoms with Gasteiger partial charge in [-0.1, -0.05) is 25.0 Å². The molecule has 138 valence electrons. The molecular weight excluding hydrogens is 354 g/mol. The van der Waals surface area contributed by atoms with Crippen molar-refractivity contribution in [1.29, 1.82) is 0 Å². The summed E-state index contributed by atoms with van der Waals surface area (Å²) in [5.74, 6) is -0.461. The molecule has 0 saturated heterocycles. The van der Waals surface area contributed by atoms with Gasteiger partial charge >= 0.3 is 5.97 Å². The van der Waals surface area contributed by atoms with Gasteiger partial charge in [-0.3, -0.25) is 10.1 Å². The molecule has 7 nitrogen and oxygen atoms in total. The molecule has 8 heteroatoms. The Morgan fingerprint density at radius 1 is 1.38 bits per heavy atom. The van der Waals surface area contributed by atoms with Crippen molar-refractivity contribution in [1.82, 2.24) is 10.2 Å². The smallest absolute Gasteiger partial charge is 0.337 e. The number of allylic oxidation sites excluding steroid dienone is 1. The molecule has 0 bridgehead atoms. The highest BCUT2D eigenvalue weighted by Gasteiger charge is 2.38. The first kappa shape index (κ1) is 18.3. The average molecular weight is 375 g/mol. The number of hydrogen-bond donors (Lipinski definition) is 1. The van der Waals surface area contributed by atoms with Gasteiger partial charge in [0.15, 0.2) is 5.11 Å². The Morgan fingerprint density at radius 2 is 2.08 bits per heavy atom. The van der Waals surface area contributed by atoms with Crippen LogP contribution in [0.5, 0.6) is 0 Å². The second-order valence-corrected chi connectivity index (χ2v) is 6.92. The maximum Gasteiger partial charge on any atom is 0.337 e. The third-order valence-corrected chi connectivity index (χ3v) is 5.35. The number of nitro benzene ring substituents is 1. The summed E-state index contributed by atoms with van der Waals surface area (Å²) >= 11 is 5.57. The lowest BCUT2D eigenvalue weighted by molar-refractivity contribution is -0.384. The minimum atomic E-state index is -0.576. The molecule has 1 aliphatic heterocycles. The van der Waals surface area contributed by atoms with Gasteiger partial charge < -0.3 is 15.0 Å². The van der Waals surface area contributed by atoms with Gasteiger partial charge in [-0.05, 0) is 37.5 Å². The molecule has 1 aliphatic carbocycles. The average Bonchev–Trinajstić information content (AvgIpc) is 3.15. The zero-order chi connectivity index (χ0) is 18.8. The van der Waals surface area contributed by atoms with Crippen molar-refractivity contribution in [2.24, 2.45) is 0 Å². The minimum absolute atomic E-state index is 0.0321. The number of rotatable bonds is 4. The number of benzene rings is 1. The van der Waals surface area contributed by atoms with Crippen LogP contribution in [0.25, 0.3) is 0 Å². The molecule has 1 aromatic carbocycles. The lowest BCUT2D eigenvalue weighted by Crippen LogP contribution is -2.51. The van der Waals surface area contributed by atoms with Gasteiger partial charge in [0.05, 0.1) is 23.6 Å². The summed E-state index contributed by atoms with van der Waals surface area (Å²) in [5.41, 5.74) is 1.76. The second kappa shape index (κ2) is 7.41. The summed E-state index contributed by atoms with van der Waals surface area (Å²) in [6, 6.07) is 5.92. The van der Waals surface area contributed by atoms with Crippen molar-refractivity contribution in [2.75, 3.05) is 7.11 Å². The van der Waals surface area contributed by atoms with E-state index in [4.69, 9.17) is 17.0 Å². The van der Waals surface area contributed by atoms with Crippen LogP contribution in [-0.2, 0) is 9.53 Å². The van der Waals surface area contributed by atoms with Crippen LogP contribution in [-0.4, -0.2) is 34.1 Å². The molecule has 0 unspecified atom stereocenters. The zero-order valence-electron chi connectivity index (χ0n) is 14.7. The number of thiocarbonyl (C=S) groups is 1. The fraction of sp³-hybridized carbons (Fsp3) is 0.444. The molecule has 1 aromatic rings. The predicted molar refractivity (Wildman–Crippen MR) is 100 cm³/mol. The van der Waals surface area contributed by atoms with Crippen LogP contribution >= 0.6 is 12.2 Å². The largest absolute Gasteiger partial charge is 0.466 e. The van der Waals surface area contributed by atoms with E-state index in [0.29, 0.717) is 16.2 Å². The van der Waals surface area contributed by atoms with Crippen LogP contribution in [0.4, 0.5) is 5.69 Å². The van der Waals surface area contributed by atoms with Crippen LogP contribution in [0.3, 0.4) is 0 Å². The summed E-state index contributed by atoms with van der Waals surface area (Å²) < 4.78 is 5.00. The Balaban J connectivity index is 2.07. The summed E-state index contributed by atoms with van der Waals surface area (Å²) in [4.78, 5) is 25.2. The third-order valence-electron chi connectivity index (χ3n) is 5.04. The number of methoxy groups -OCH3 is 1. The van der Waals surface area contributed by atoms with Crippen LogP contribution in [0.15, 0.2) is 35.5 Å². The SMILES string of the molecule is COC(=O)C1=C(C)N(C2CCCC2)C(=S)N[C@@H]1c1cccc([N+](=O)[O-])c1. The number of nitro groups is 1. The molecule has 1 heterocycles. The fourth-order valence-electron chi connectivity index (χ4n) is 3.80. The van der Waals surface area contributed by atoms with Gasteiger partial charge in [0.2, 0.25) is 0 Å². The molecule has 1 atom stereocenters. The highest BCUT2D eigenvalue weighted by molar-refractivity contribution is 7.80. The molecule has 1 fully saturated rings. The number of nitrogens with one attached hydrogen (secondary N) is 1. The predicted octanol–water partition coefficient (Wildman–Crippen LogP) is 3.22. The van der Waals surface area contributed by atoms with Gasteiger partial charge in [-0.15, -0.1) is 0 Å². The zero-order valence-corrected chi connectivity index (χ0v) is 15.5. The fourth-order valence-corrected chi connectivity index (χ4v) is 4.21. The summed E-state index contributed by atoms with van der Waals surface area (Å²) in [6.45, 7) is 1.86. The van der Waals surface area contributed by atoms with E-state index in [2.05, 4.69) is 5.32 Å². The molecule has 26 heavy (non-hydrogen) atoms. The molecule has 1 N–H and O–H groups in total. The Hall–Kier alpha value is -2.48. The number of non-ortho nitro benzene ring substituents is 1. The lowest BCUT2D eigenvalue weighted by Gasteiger charge is -2.40. The van der Waals surface area contributed by atoms with Crippen LogP contribution in [0.1, 0.15) is 44.2 Å². The van der Waals surface area contributed by atoms with E-state index in [-0.39, 0.29) is 11.7 Å². The summed E-state index contributed by atoms with van der Waals surface area (Å²) in [6.07, 6.45) is 4.32. The molecule has 0 amide bonds. The number of carbonyl (C=O) groups excluding carboxylic acids is 1. The Labute approximate surface area is 157 Å². The van der Waals surface area contributed by atoms with Crippen molar-refractivity contribution < 1.29 is 14.5 Å². The van der Waals surface area contributed by atoms with E-state index in [1.807, 2.05) is 11.8 Å². The van der Waals surface area contributed by atoms with Crippen molar-refractivity contribution >= 4 is 29.0 Å². The van der Waals surface area contributed by atoms with E-state index in [9.17, 15) is 14.9 Å². The summed E-state index contributed by atoms with van der Waals surface area (Å²) in [7, 11) is 1.33. The second-order valence-electron chi connectivity index (χ2n) is 6.53. The highest BCUT2D eigenvalue weighted by Crippen LogP contribution is 2.36. The lowest BCUT2D eigenvalue weighted by atomic mass is 9.94. The van der Waals surface area contributed by atoms with Crippen molar-refractivity contribution in [3.05, 3.63) is 51.2 Å². The van der Waals surface area contributed by atoms with E-state index in [1.54, 1.807) is 12.1 Å². The first-order valence-electron chi connectivity index (χ1n) is 8.57. The van der Waals surface area contributed by atoms with Crippen LogP contribution in [0, 0.1) is 10.1 Å². The van der Waals surface area contributed by atoms with Gasteiger partial charge in [0, 0.05) is 23.9 Å². The molecule has 0 spiro atoms. The molecule has 0 radical (unpaired) electrons. The number of esters is 1. The first-order chi connectivity index (χ1) is 12.4. The van der Waals surface area contributed by atoms with Crippen LogP contribution in [0.2, 0.25) is 0 Å². The van der Waals surface area contributed by atoms with Crippen molar-refractivity contribution in [3.63, 3.8) is 0 Å². The van der Waals surface area contributed by atoms with Gasteiger partial charge in [-0.25, -0.2) is 4.79 Å². The maximum atomic E-state index is 12.5. The standard InChI is InChI=1S/C18H21N3O4S/c1-11-15(17(22)25-2)16(12-6-5-9-14(10-12)21(23)24)19-18(26)20(11)13-7-3-4-8-13/h5-6,9-10,13,16H,3-4,7-8H2,1-2H3,(H,19,26)/t16-/m1/s1. The van der Waals surface area contributed by atoms with E-state index in [1.165, 1.54) is 19.2 Å². The summed E-state index contributed by atoms with van der Waals surface area (Å²) in [5, 5.41) is 14.8. The van der Waals surface area contributed by atoms with Crippen molar-refractivity contribution in [3.8, 4) is 0 Å². The number of nitrogens with zero attached hydrogens (tertiary/aromatic N) is 2. The molecular formula is C18H21N3O4S.